The van der Waals surface area contributed by atoms with Crippen molar-refractivity contribution < 1.29 is 38.8 Å². The van der Waals surface area contributed by atoms with Gasteiger partial charge in [-0.1, -0.05) is 13.3 Å². The molecule has 0 aromatic heterocycles. The zero-order chi connectivity index (χ0) is 9.33. The zero-order valence-corrected chi connectivity index (χ0v) is 7.21. The van der Waals surface area contributed by atoms with Crippen LogP contribution in [0.3, 0.4) is 0 Å². The molecule has 0 saturated heterocycles. The first kappa shape index (κ1) is 13.4. The van der Waals surface area contributed by atoms with Crippen molar-refractivity contribution in [1.82, 2.24) is 0 Å². The molecule has 6 nitrogen and oxygen atoms in total. The summed E-state index contributed by atoms with van der Waals surface area (Å²) < 4.78 is 33.1. The topological polar surface area (TPSA) is 101 Å². The molecular weight excluding hydrogens is 199 g/mol. The van der Waals surface area contributed by atoms with E-state index >= 15 is 0 Å². The van der Waals surface area contributed by atoms with Gasteiger partial charge in [0.2, 0.25) is 0 Å². The molecule has 0 spiro atoms. The second-order valence-electron chi connectivity index (χ2n) is 1.58. The molecule has 0 saturated carbocycles. The summed E-state index contributed by atoms with van der Waals surface area (Å²) in [6.07, 6.45) is 2.01. The second kappa shape index (κ2) is 7.90. The van der Waals surface area contributed by atoms with Crippen LogP contribution in [0.4, 0.5) is 0 Å². The van der Waals surface area contributed by atoms with E-state index in [1.165, 1.54) is 0 Å². The van der Waals surface area contributed by atoms with Crippen LogP contribution < -0.4 is 0 Å². The molecule has 0 aliphatic heterocycles. The summed E-state index contributed by atoms with van der Waals surface area (Å²) in [5, 5.41) is 7.70. The van der Waals surface area contributed by atoms with Crippen molar-refractivity contribution in [3.8, 4) is 0 Å². The summed E-state index contributed by atoms with van der Waals surface area (Å²) in [5.74, 6) is 0. The van der Waals surface area contributed by atoms with E-state index in [1.54, 1.807) is 0 Å². The first-order valence-electron chi connectivity index (χ1n) is 2.81. The maximum atomic E-state index is 8.69. The van der Waals surface area contributed by atoms with Gasteiger partial charge in [0.1, 0.15) is 0 Å². The van der Waals surface area contributed by atoms with E-state index in [1.807, 2.05) is 6.92 Å². The minimum absolute atomic E-state index is 0.469. The molecule has 0 aromatic rings. The van der Waals surface area contributed by atoms with Gasteiger partial charge in [-0.05, 0) is 6.42 Å². The summed E-state index contributed by atoms with van der Waals surface area (Å²) in [4.78, 5) is 3.78. The molecular formula is C4H11MnO6. The Labute approximate surface area is 65.9 Å². The van der Waals surface area contributed by atoms with Crippen molar-refractivity contribution >= 4 is 0 Å². The average Bonchev–Trinajstić information content (AvgIpc) is 1.79. The predicted octanol–water partition coefficient (Wildman–Crippen LogP) is 0.360. The summed E-state index contributed by atoms with van der Waals surface area (Å²) >= 11 is -5.38. The van der Waals surface area contributed by atoms with Crippen LogP contribution in [0.1, 0.15) is 19.8 Å². The van der Waals surface area contributed by atoms with Gasteiger partial charge in [0.05, 0.1) is 6.61 Å². The van der Waals surface area contributed by atoms with Crippen molar-refractivity contribution in [2.45, 2.75) is 19.8 Å². The van der Waals surface area contributed by atoms with Gasteiger partial charge in [-0.3, -0.25) is 5.26 Å². The predicted molar refractivity (Wildman–Crippen MR) is 27.8 cm³/mol. The maximum absolute atomic E-state index is 8.69. The molecule has 0 aromatic carbocycles. The monoisotopic (exact) mass is 210 g/mol. The Kier molecular flexibility index (Phi) is 9.62. The number of hydrogen-bond acceptors (Lipinski definition) is 5. The van der Waals surface area contributed by atoms with Crippen LogP contribution in [0.25, 0.3) is 0 Å². The molecule has 0 radical (unpaired) electrons. The van der Waals surface area contributed by atoms with Gasteiger partial charge in [0.25, 0.3) is 0 Å². The van der Waals surface area contributed by atoms with E-state index in [9.17, 15) is 0 Å². The fourth-order valence-electron chi connectivity index (χ4n) is 0.209. The van der Waals surface area contributed by atoms with Crippen LogP contribution in [-0.4, -0.2) is 16.1 Å². The Balaban J connectivity index is 0. The standard InChI is InChI=1S/C4H10O2.Mn.H2O.3O/c1-2-3-4-6-5;;;;;/h5H,2-4H2,1H3;;1H2;;;/q;+1;;;;/p-1. The van der Waals surface area contributed by atoms with Gasteiger partial charge >= 0.3 is 28.7 Å². The molecule has 70 valence electrons. The van der Waals surface area contributed by atoms with E-state index in [0.29, 0.717) is 6.61 Å². The Morgan fingerprint density at radius 3 is 1.82 bits per heavy atom. The Morgan fingerprint density at radius 2 is 1.73 bits per heavy atom. The number of unbranched alkanes of at least 4 members (excludes halogenated alkanes) is 1. The van der Waals surface area contributed by atoms with Crippen LogP contribution in [0.15, 0.2) is 0 Å². The molecule has 11 heavy (non-hydrogen) atoms. The molecule has 0 amide bonds. The average molecular weight is 210 g/mol. The molecule has 0 fully saturated rings. The summed E-state index contributed by atoms with van der Waals surface area (Å²) in [5.41, 5.74) is 0. The van der Waals surface area contributed by atoms with Gasteiger partial charge in [0.15, 0.2) is 0 Å². The molecule has 0 heterocycles. The molecule has 0 aliphatic rings. The fraction of sp³-hybridized carbons (Fsp3) is 1.00. The third kappa shape index (κ3) is 76.1. The van der Waals surface area contributed by atoms with Crippen LogP contribution in [-0.2, 0) is 29.4 Å². The third-order valence-electron chi connectivity index (χ3n) is 0.589. The molecule has 0 aliphatic carbocycles. The first-order chi connectivity index (χ1) is 4.91. The van der Waals surface area contributed by atoms with Crippen LogP contribution in [0.5, 0.6) is 0 Å². The van der Waals surface area contributed by atoms with Gasteiger partial charge in [-0.25, -0.2) is 4.89 Å². The minimum atomic E-state index is -5.38. The van der Waals surface area contributed by atoms with Gasteiger partial charge in [-0.2, -0.15) is 0 Å². The Bertz CT molecular complexity index is 179. The molecule has 0 unspecified atom stereocenters. The Morgan fingerprint density at radius 1 is 1.36 bits per heavy atom. The van der Waals surface area contributed by atoms with Crippen LogP contribution >= 0.6 is 0 Å². The summed E-state index contributed by atoms with van der Waals surface area (Å²) in [7, 11) is 0. The molecule has 2 N–H and O–H groups in total. The van der Waals surface area contributed by atoms with E-state index in [-0.39, 0.29) is 0 Å². The van der Waals surface area contributed by atoms with Crippen molar-refractivity contribution in [1.29, 1.82) is 0 Å². The third-order valence-corrected chi connectivity index (χ3v) is 0.589. The molecule has 0 atom stereocenters. The number of hydrogen-bond donors (Lipinski definition) is 2. The summed E-state index contributed by atoms with van der Waals surface area (Å²) in [6.45, 7) is 2.51. The summed E-state index contributed by atoms with van der Waals surface area (Å²) in [6, 6.07) is 0. The second-order valence-corrected chi connectivity index (χ2v) is 2.82. The van der Waals surface area contributed by atoms with Crippen LogP contribution in [0.2, 0.25) is 0 Å². The van der Waals surface area contributed by atoms with Crippen molar-refractivity contribution in [2.75, 3.05) is 6.61 Å². The van der Waals surface area contributed by atoms with E-state index in [2.05, 4.69) is 4.89 Å². The van der Waals surface area contributed by atoms with E-state index in [4.69, 9.17) is 21.0 Å². The normalized spacial score (nSPS) is 10.1. The molecule has 7 heteroatoms. The number of rotatable bonds is 3. The van der Waals surface area contributed by atoms with Crippen molar-refractivity contribution in [3.05, 3.63) is 0 Å². The molecule has 0 rings (SSSR count). The van der Waals surface area contributed by atoms with Gasteiger partial charge in [-0.15, -0.1) is 0 Å². The van der Waals surface area contributed by atoms with Gasteiger partial charge < -0.3 is 0 Å². The van der Waals surface area contributed by atoms with Crippen molar-refractivity contribution in [3.63, 3.8) is 0 Å². The van der Waals surface area contributed by atoms with E-state index in [0.717, 1.165) is 12.8 Å². The van der Waals surface area contributed by atoms with Gasteiger partial charge in [0, 0.05) is 0 Å². The molecule has 0 bridgehead atoms. The SMILES string of the molecule is CCCCOO.[O]=[Mn](=[O])(=[O])[OH]. The fourth-order valence-corrected chi connectivity index (χ4v) is 0.209. The van der Waals surface area contributed by atoms with Crippen molar-refractivity contribution in [2.24, 2.45) is 0 Å². The van der Waals surface area contributed by atoms with Crippen LogP contribution in [0, 0.1) is 0 Å². The zero-order valence-electron chi connectivity index (χ0n) is 6.03. The first-order valence-corrected chi connectivity index (χ1v) is 4.78. The Hall–Kier alpha value is -0.201. The van der Waals surface area contributed by atoms with E-state index < -0.39 is 13.0 Å². The quantitative estimate of drug-likeness (QED) is 0.302.